The van der Waals surface area contributed by atoms with Gasteiger partial charge in [-0.25, -0.2) is 0 Å². The predicted molar refractivity (Wildman–Crippen MR) is 115 cm³/mol. The molecule has 3 aromatic rings. The second kappa shape index (κ2) is 7.34. The Kier molecular flexibility index (Phi) is 5.02. The summed E-state index contributed by atoms with van der Waals surface area (Å²) < 4.78 is 0. The normalized spacial score (nSPS) is 18.2. The first-order chi connectivity index (χ1) is 13.3. The highest BCUT2D eigenvalue weighted by Gasteiger charge is 2.24. The molecular formula is C24H31N3O. The molecule has 0 unspecified atom stereocenters. The van der Waals surface area contributed by atoms with Crippen LogP contribution in [0.5, 0.6) is 0 Å². The van der Waals surface area contributed by atoms with Gasteiger partial charge in [0.05, 0.1) is 24.0 Å². The maximum atomic E-state index is 9.56. The van der Waals surface area contributed by atoms with Gasteiger partial charge in [-0.2, -0.15) is 0 Å². The molecule has 1 aliphatic heterocycles. The lowest BCUT2D eigenvalue weighted by molar-refractivity contribution is 0.152. The molecule has 0 spiro atoms. The number of H-pyrrole nitrogens is 1. The van der Waals surface area contributed by atoms with Crippen molar-refractivity contribution in [3.63, 3.8) is 0 Å². The average Bonchev–Trinajstić information content (AvgIpc) is 3.25. The van der Waals surface area contributed by atoms with Crippen molar-refractivity contribution in [2.75, 3.05) is 13.2 Å². The summed E-state index contributed by atoms with van der Waals surface area (Å²) in [6.45, 7) is 11.1. The van der Waals surface area contributed by atoms with E-state index in [-0.39, 0.29) is 12.0 Å². The van der Waals surface area contributed by atoms with Gasteiger partial charge in [0.25, 0.3) is 0 Å². The quantitative estimate of drug-likeness (QED) is 0.687. The minimum atomic E-state index is 0.116. The number of hydrogen-bond donors (Lipinski definition) is 2. The summed E-state index contributed by atoms with van der Waals surface area (Å²) in [5.41, 5.74) is 7.17. The van der Waals surface area contributed by atoms with Gasteiger partial charge in [0.15, 0.2) is 0 Å². The Balaban J connectivity index is 1.64. The van der Waals surface area contributed by atoms with E-state index in [4.69, 9.17) is 4.98 Å². The minimum Gasteiger partial charge on any atom is -0.395 e. The summed E-state index contributed by atoms with van der Waals surface area (Å²) in [6.07, 6.45) is 4.20. The zero-order valence-corrected chi connectivity index (χ0v) is 17.4. The van der Waals surface area contributed by atoms with E-state index < -0.39 is 0 Å². The lowest BCUT2D eigenvalue weighted by atomic mass is 9.85. The number of nitrogens with zero attached hydrogens (tertiary/aromatic N) is 2. The Morgan fingerprint density at radius 2 is 2.00 bits per heavy atom. The fraction of sp³-hybridized carbons (Fsp3) is 0.458. The van der Waals surface area contributed by atoms with Crippen molar-refractivity contribution in [1.29, 1.82) is 0 Å². The number of aromatic amines is 1. The van der Waals surface area contributed by atoms with E-state index in [9.17, 15) is 5.11 Å². The molecule has 2 N–H and O–H groups in total. The molecule has 28 heavy (non-hydrogen) atoms. The first-order valence-corrected chi connectivity index (χ1v) is 10.3. The molecule has 0 amide bonds. The molecule has 0 saturated carbocycles. The maximum Gasteiger partial charge on any atom is 0.0709 e. The fourth-order valence-corrected chi connectivity index (χ4v) is 4.23. The van der Waals surface area contributed by atoms with Crippen LogP contribution in [0, 0.1) is 6.92 Å². The van der Waals surface area contributed by atoms with E-state index in [1.807, 2.05) is 6.20 Å². The van der Waals surface area contributed by atoms with Crippen LogP contribution in [0.2, 0.25) is 0 Å². The van der Waals surface area contributed by atoms with E-state index in [1.165, 1.54) is 34.2 Å². The molecule has 4 nitrogen and oxygen atoms in total. The van der Waals surface area contributed by atoms with Crippen LogP contribution in [0.25, 0.3) is 22.2 Å². The monoisotopic (exact) mass is 377 g/mol. The summed E-state index contributed by atoms with van der Waals surface area (Å²) in [5.74, 6) is 0. The van der Waals surface area contributed by atoms with Gasteiger partial charge in [0.2, 0.25) is 0 Å². The van der Waals surface area contributed by atoms with Crippen molar-refractivity contribution in [2.45, 2.75) is 58.5 Å². The molecule has 1 saturated heterocycles. The van der Waals surface area contributed by atoms with Crippen LogP contribution in [0.1, 0.15) is 50.4 Å². The van der Waals surface area contributed by atoms with E-state index in [0.717, 1.165) is 30.7 Å². The highest BCUT2D eigenvalue weighted by molar-refractivity contribution is 5.83. The number of benzene rings is 1. The van der Waals surface area contributed by atoms with Crippen molar-refractivity contribution < 1.29 is 5.11 Å². The number of pyridine rings is 1. The zero-order valence-electron chi connectivity index (χ0n) is 17.4. The van der Waals surface area contributed by atoms with Crippen LogP contribution in [-0.4, -0.2) is 39.2 Å². The van der Waals surface area contributed by atoms with Gasteiger partial charge in [-0.15, -0.1) is 0 Å². The van der Waals surface area contributed by atoms with Gasteiger partial charge in [-0.1, -0.05) is 32.4 Å². The van der Waals surface area contributed by atoms with Crippen molar-refractivity contribution in [1.82, 2.24) is 14.9 Å². The molecule has 4 rings (SSSR count). The van der Waals surface area contributed by atoms with E-state index >= 15 is 0 Å². The van der Waals surface area contributed by atoms with Crippen molar-refractivity contribution in [3.8, 4) is 11.3 Å². The Bertz CT molecular complexity index is 983. The smallest absolute Gasteiger partial charge is 0.0709 e. The molecule has 1 fully saturated rings. The molecular weight excluding hydrogens is 346 g/mol. The lowest BCUT2D eigenvalue weighted by Gasteiger charge is -2.21. The Hall–Kier alpha value is -2.17. The number of hydrogen-bond acceptors (Lipinski definition) is 3. The molecule has 148 valence electrons. The van der Waals surface area contributed by atoms with Gasteiger partial charge >= 0.3 is 0 Å². The number of aliphatic hydroxyl groups excluding tert-OH is 1. The molecule has 0 aliphatic carbocycles. The Labute approximate surface area is 167 Å². The van der Waals surface area contributed by atoms with Gasteiger partial charge < -0.3 is 10.1 Å². The van der Waals surface area contributed by atoms with Crippen molar-refractivity contribution in [3.05, 3.63) is 53.3 Å². The first kappa shape index (κ1) is 19.2. The molecule has 0 bridgehead atoms. The second-order valence-corrected chi connectivity index (χ2v) is 9.24. The third-order valence-corrected chi connectivity index (χ3v) is 5.88. The summed E-state index contributed by atoms with van der Waals surface area (Å²) in [6, 6.07) is 11.5. The number of aliphatic hydroxyl groups is 1. The topological polar surface area (TPSA) is 52.1 Å². The zero-order chi connectivity index (χ0) is 19.9. The van der Waals surface area contributed by atoms with E-state index in [0.29, 0.717) is 6.04 Å². The largest absolute Gasteiger partial charge is 0.395 e. The van der Waals surface area contributed by atoms with E-state index in [1.54, 1.807) is 0 Å². The fourth-order valence-electron chi connectivity index (χ4n) is 4.23. The Morgan fingerprint density at radius 3 is 2.75 bits per heavy atom. The molecule has 3 heterocycles. The molecule has 1 aromatic carbocycles. The van der Waals surface area contributed by atoms with Crippen LogP contribution in [0.3, 0.4) is 0 Å². The first-order valence-electron chi connectivity index (χ1n) is 10.3. The number of aromatic nitrogens is 2. The predicted octanol–water partition coefficient (Wildman–Crippen LogP) is 4.79. The molecule has 4 heteroatoms. The van der Waals surface area contributed by atoms with Crippen LogP contribution in [-0.2, 0) is 12.0 Å². The highest BCUT2D eigenvalue weighted by Crippen LogP contribution is 2.30. The number of likely N-dealkylation sites (tertiary alicyclic amines) is 1. The van der Waals surface area contributed by atoms with Gasteiger partial charge in [0, 0.05) is 29.2 Å². The summed E-state index contributed by atoms with van der Waals surface area (Å²) in [5, 5.41) is 10.7. The van der Waals surface area contributed by atoms with Crippen LogP contribution >= 0.6 is 0 Å². The standard InChI is InChI=1S/C24H31N3O/c1-16-8-17(10-19(9-16)24(2,3)4)22-12-18-11-20(26-23(18)13-25-22)14-27-7-5-6-21(27)15-28/h8-13,21,26,28H,5-7,14-15H2,1-4H3/t21-/m1/s1. The molecule has 0 radical (unpaired) electrons. The van der Waals surface area contributed by atoms with Gasteiger partial charge in [-0.3, -0.25) is 9.88 Å². The van der Waals surface area contributed by atoms with Gasteiger partial charge in [0.1, 0.15) is 0 Å². The number of fused-ring (bicyclic) bond motifs is 1. The average molecular weight is 378 g/mol. The second-order valence-electron chi connectivity index (χ2n) is 9.24. The minimum absolute atomic E-state index is 0.116. The summed E-state index contributed by atoms with van der Waals surface area (Å²) in [4.78, 5) is 10.6. The van der Waals surface area contributed by atoms with E-state index in [2.05, 4.69) is 67.9 Å². The number of aryl methyl sites for hydroxylation is 1. The van der Waals surface area contributed by atoms with Crippen molar-refractivity contribution >= 4 is 10.9 Å². The van der Waals surface area contributed by atoms with Crippen LogP contribution in [0.15, 0.2) is 36.5 Å². The Morgan fingerprint density at radius 1 is 1.18 bits per heavy atom. The number of nitrogens with one attached hydrogen (secondary N) is 1. The third-order valence-electron chi connectivity index (χ3n) is 5.88. The maximum absolute atomic E-state index is 9.56. The molecule has 2 aromatic heterocycles. The lowest BCUT2D eigenvalue weighted by Crippen LogP contribution is -2.31. The van der Waals surface area contributed by atoms with Crippen LogP contribution < -0.4 is 0 Å². The summed E-state index contributed by atoms with van der Waals surface area (Å²) >= 11 is 0. The highest BCUT2D eigenvalue weighted by atomic mass is 16.3. The molecule has 1 aliphatic rings. The summed E-state index contributed by atoms with van der Waals surface area (Å²) in [7, 11) is 0. The van der Waals surface area contributed by atoms with Crippen molar-refractivity contribution in [2.24, 2.45) is 0 Å². The SMILES string of the molecule is Cc1cc(-c2cc3cc(CN4CCC[C@@H]4CO)[nH]c3cn2)cc(C(C)(C)C)c1. The van der Waals surface area contributed by atoms with Crippen LogP contribution in [0.4, 0.5) is 0 Å². The van der Waals surface area contributed by atoms with Gasteiger partial charge in [-0.05, 0) is 61.6 Å². The molecule has 1 atom stereocenters. The number of rotatable bonds is 4. The third kappa shape index (κ3) is 3.85.